The number of carbonyl (C=O) groups is 2. The molecule has 0 aromatic carbocycles. The number of likely N-dealkylation sites (tertiary alicyclic amines) is 1. The van der Waals surface area contributed by atoms with E-state index < -0.39 is 5.97 Å². The monoisotopic (exact) mass is 227 g/mol. The highest BCUT2D eigenvalue weighted by atomic mass is 16.5. The zero-order valence-corrected chi connectivity index (χ0v) is 9.22. The summed E-state index contributed by atoms with van der Waals surface area (Å²) in [5, 5.41) is 8.70. The van der Waals surface area contributed by atoms with Crippen LogP contribution in [-0.2, 0) is 14.3 Å². The summed E-state index contributed by atoms with van der Waals surface area (Å²) in [6, 6.07) is 0.167. The molecule has 2 aliphatic rings. The molecule has 1 N–H and O–H groups in total. The van der Waals surface area contributed by atoms with Gasteiger partial charge in [0.2, 0.25) is 5.91 Å². The van der Waals surface area contributed by atoms with Gasteiger partial charge < -0.3 is 14.7 Å². The topological polar surface area (TPSA) is 66.8 Å². The molecule has 1 amide bonds. The van der Waals surface area contributed by atoms with Gasteiger partial charge in [0.05, 0.1) is 19.1 Å². The fourth-order valence-electron chi connectivity index (χ4n) is 2.51. The molecule has 0 radical (unpaired) electrons. The highest BCUT2D eigenvalue weighted by molar-refractivity contribution is 5.80. The molecule has 0 spiro atoms. The van der Waals surface area contributed by atoms with E-state index in [9.17, 15) is 9.59 Å². The summed E-state index contributed by atoms with van der Waals surface area (Å²) in [7, 11) is 0. The lowest BCUT2D eigenvalue weighted by atomic mass is 10.1. The lowest BCUT2D eigenvalue weighted by molar-refractivity contribution is -0.138. The standard InChI is InChI=1S/C11H17NO4/c13-10-4-8(5-11(14)15)6-12(10)9-2-1-3-16-7-9/h8-9H,1-7H2,(H,14,15). The molecule has 0 aromatic rings. The van der Waals surface area contributed by atoms with E-state index in [0.717, 1.165) is 19.4 Å². The minimum absolute atomic E-state index is 0.0214. The van der Waals surface area contributed by atoms with E-state index in [1.165, 1.54) is 0 Å². The van der Waals surface area contributed by atoms with Gasteiger partial charge in [-0.1, -0.05) is 0 Å². The zero-order valence-electron chi connectivity index (χ0n) is 9.22. The van der Waals surface area contributed by atoms with E-state index in [2.05, 4.69) is 0 Å². The van der Waals surface area contributed by atoms with E-state index in [4.69, 9.17) is 9.84 Å². The van der Waals surface area contributed by atoms with Crippen molar-refractivity contribution >= 4 is 11.9 Å². The number of amides is 1. The summed E-state index contributed by atoms with van der Waals surface area (Å²) in [4.78, 5) is 24.1. The van der Waals surface area contributed by atoms with Crippen LogP contribution in [-0.4, -0.2) is 47.7 Å². The number of aliphatic carboxylic acids is 1. The third-order valence-corrected chi connectivity index (χ3v) is 3.28. The highest BCUT2D eigenvalue weighted by Gasteiger charge is 2.35. The first-order valence-electron chi connectivity index (χ1n) is 5.76. The zero-order chi connectivity index (χ0) is 11.5. The maximum Gasteiger partial charge on any atom is 0.303 e. The fourth-order valence-corrected chi connectivity index (χ4v) is 2.51. The van der Waals surface area contributed by atoms with Crippen molar-refractivity contribution in [2.45, 2.75) is 31.7 Å². The molecule has 2 fully saturated rings. The van der Waals surface area contributed by atoms with Gasteiger partial charge in [0.1, 0.15) is 0 Å². The van der Waals surface area contributed by atoms with Gasteiger partial charge in [-0.3, -0.25) is 9.59 Å². The molecule has 90 valence electrons. The largest absolute Gasteiger partial charge is 0.481 e. The Hall–Kier alpha value is -1.10. The van der Waals surface area contributed by atoms with Gasteiger partial charge in [0.25, 0.3) is 0 Å². The lowest BCUT2D eigenvalue weighted by Gasteiger charge is -2.31. The molecule has 2 atom stereocenters. The number of carbonyl (C=O) groups excluding carboxylic acids is 1. The number of hydrogen-bond acceptors (Lipinski definition) is 3. The molecule has 2 rings (SSSR count). The van der Waals surface area contributed by atoms with Crippen molar-refractivity contribution in [3.05, 3.63) is 0 Å². The molecule has 0 aromatic heterocycles. The van der Waals surface area contributed by atoms with Gasteiger partial charge >= 0.3 is 5.97 Å². The van der Waals surface area contributed by atoms with Crippen LogP contribution in [0.4, 0.5) is 0 Å². The van der Waals surface area contributed by atoms with Crippen LogP contribution in [0.3, 0.4) is 0 Å². The van der Waals surface area contributed by atoms with Crippen molar-refractivity contribution in [2.24, 2.45) is 5.92 Å². The van der Waals surface area contributed by atoms with Crippen LogP contribution in [0.15, 0.2) is 0 Å². The number of hydrogen-bond donors (Lipinski definition) is 1. The van der Waals surface area contributed by atoms with E-state index in [-0.39, 0.29) is 24.3 Å². The smallest absolute Gasteiger partial charge is 0.303 e. The Balaban J connectivity index is 1.90. The molecular formula is C11H17NO4. The number of carboxylic acids is 1. The number of ether oxygens (including phenoxy) is 1. The molecule has 0 bridgehead atoms. The number of nitrogens with zero attached hydrogens (tertiary/aromatic N) is 1. The molecule has 0 aliphatic carbocycles. The molecule has 0 saturated carbocycles. The van der Waals surface area contributed by atoms with Crippen molar-refractivity contribution in [3.8, 4) is 0 Å². The van der Waals surface area contributed by atoms with Gasteiger partial charge in [-0.2, -0.15) is 0 Å². The van der Waals surface area contributed by atoms with Crippen LogP contribution in [0.2, 0.25) is 0 Å². The van der Waals surface area contributed by atoms with Gasteiger partial charge in [0, 0.05) is 19.6 Å². The van der Waals surface area contributed by atoms with Gasteiger partial charge in [0.15, 0.2) is 0 Å². The summed E-state index contributed by atoms with van der Waals surface area (Å²) in [5.74, 6) is -0.756. The third-order valence-electron chi connectivity index (χ3n) is 3.28. The molecular weight excluding hydrogens is 210 g/mol. The Kier molecular flexibility index (Phi) is 3.43. The van der Waals surface area contributed by atoms with Gasteiger partial charge in [-0.15, -0.1) is 0 Å². The van der Waals surface area contributed by atoms with Crippen LogP contribution in [0.5, 0.6) is 0 Å². The quantitative estimate of drug-likeness (QED) is 0.762. The van der Waals surface area contributed by atoms with Crippen LogP contribution >= 0.6 is 0 Å². The Bertz CT molecular complexity index is 286. The Morgan fingerprint density at radius 3 is 3.00 bits per heavy atom. The maximum atomic E-state index is 11.7. The van der Waals surface area contributed by atoms with Crippen LogP contribution in [0.1, 0.15) is 25.7 Å². The first kappa shape index (κ1) is 11.4. The molecule has 2 unspecified atom stereocenters. The molecule has 5 heteroatoms. The molecule has 16 heavy (non-hydrogen) atoms. The summed E-state index contributed by atoms with van der Waals surface area (Å²) in [6.07, 6.45) is 2.43. The van der Waals surface area contributed by atoms with Gasteiger partial charge in [-0.25, -0.2) is 0 Å². The van der Waals surface area contributed by atoms with E-state index in [1.807, 2.05) is 4.90 Å². The van der Waals surface area contributed by atoms with Crippen molar-refractivity contribution in [3.63, 3.8) is 0 Å². The average molecular weight is 227 g/mol. The SMILES string of the molecule is O=C(O)CC1CC(=O)N(C2CCCOC2)C1. The Labute approximate surface area is 94.4 Å². The summed E-state index contributed by atoms with van der Waals surface area (Å²) >= 11 is 0. The average Bonchev–Trinajstić information content (AvgIpc) is 2.60. The maximum absolute atomic E-state index is 11.7. The third kappa shape index (κ3) is 2.52. The van der Waals surface area contributed by atoms with Crippen LogP contribution in [0.25, 0.3) is 0 Å². The minimum Gasteiger partial charge on any atom is -0.481 e. The van der Waals surface area contributed by atoms with E-state index in [0.29, 0.717) is 19.6 Å². The Morgan fingerprint density at radius 1 is 1.56 bits per heavy atom. The van der Waals surface area contributed by atoms with Crippen molar-refractivity contribution in [1.82, 2.24) is 4.90 Å². The van der Waals surface area contributed by atoms with Crippen molar-refractivity contribution in [2.75, 3.05) is 19.8 Å². The van der Waals surface area contributed by atoms with E-state index >= 15 is 0 Å². The second kappa shape index (κ2) is 4.82. The number of carboxylic acid groups (broad SMARTS) is 1. The predicted octanol–water partition coefficient (Wildman–Crippen LogP) is 0.489. The fraction of sp³-hybridized carbons (Fsp3) is 0.818. The summed E-state index contributed by atoms with van der Waals surface area (Å²) < 4.78 is 5.35. The van der Waals surface area contributed by atoms with Gasteiger partial charge in [-0.05, 0) is 18.8 Å². The second-order valence-corrected chi connectivity index (χ2v) is 4.59. The molecule has 5 nitrogen and oxygen atoms in total. The molecule has 2 heterocycles. The Morgan fingerprint density at radius 2 is 2.38 bits per heavy atom. The summed E-state index contributed by atoms with van der Waals surface area (Å²) in [6.45, 7) is 1.96. The molecule has 2 aliphatic heterocycles. The lowest BCUT2D eigenvalue weighted by Crippen LogP contribution is -2.42. The highest BCUT2D eigenvalue weighted by Crippen LogP contribution is 2.25. The number of rotatable bonds is 3. The van der Waals surface area contributed by atoms with E-state index in [1.54, 1.807) is 0 Å². The predicted molar refractivity (Wildman–Crippen MR) is 55.9 cm³/mol. The summed E-state index contributed by atoms with van der Waals surface area (Å²) in [5.41, 5.74) is 0. The second-order valence-electron chi connectivity index (χ2n) is 4.59. The first-order valence-corrected chi connectivity index (χ1v) is 5.76. The first-order chi connectivity index (χ1) is 7.66. The van der Waals surface area contributed by atoms with Crippen LogP contribution in [0, 0.1) is 5.92 Å². The van der Waals surface area contributed by atoms with Crippen molar-refractivity contribution in [1.29, 1.82) is 0 Å². The van der Waals surface area contributed by atoms with Crippen molar-refractivity contribution < 1.29 is 19.4 Å². The molecule has 2 saturated heterocycles. The normalized spacial score (nSPS) is 30.8. The van der Waals surface area contributed by atoms with Crippen LogP contribution < -0.4 is 0 Å². The minimum atomic E-state index is -0.820.